The molecule has 0 spiro atoms. The second-order valence-electron chi connectivity index (χ2n) is 4.59. The van der Waals surface area contributed by atoms with Gasteiger partial charge in [0.1, 0.15) is 0 Å². The van der Waals surface area contributed by atoms with Crippen LogP contribution in [0.5, 0.6) is 0 Å². The van der Waals surface area contributed by atoms with Gasteiger partial charge in [-0.05, 0) is 19.8 Å². The summed E-state index contributed by atoms with van der Waals surface area (Å²) in [5.74, 6) is 0.650. The van der Waals surface area contributed by atoms with Gasteiger partial charge in [-0.15, -0.1) is 5.10 Å². The van der Waals surface area contributed by atoms with Gasteiger partial charge in [-0.1, -0.05) is 24.4 Å². The molecule has 0 bridgehead atoms. The Bertz CT molecular complexity index is 333. The van der Waals surface area contributed by atoms with Crippen LogP contribution >= 0.6 is 0 Å². The van der Waals surface area contributed by atoms with E-state index in [1.807, 2.05) is 0 Å². The summed E-state index contributed by atoms with van der Waals surface area (Å²) in [6.45, 7) is 3.62. The Balaban J connectivity index is 2.04. The third-order valence-corrected chi connectivity index (χ3v) is 3.42. The molecule has 0 atom stereocenters. The Kier molecular flexibility index (Phi) is 4.36. The van der Waals surface area contributed by atoms with Crippen molar-refractivity contribution in [3.8, 4) is 0 Å². The number of nitrogens with two attached hydrogens (primary N) is 1. The van der Waals surface area contributed by atoms with E-state index < -0.39 is 0 Å². The van der Waals surface area contributed by atoms with Crippen LogP contribution in [-0.4, -0.2) is 29.3 Å². The lowest BCUT2D eigenvalue weighted by Crippen LogP contribution is -2.36. The summed E-state index contributed by atoms with van der Waals surface area (Å²) in [5.41, 5.74) is 5.48. The molecule has 1 aromatic rings. The van der Waals surface area contributed by atoms with Crippen LogP contribution in [-0.2, 0) is 6.42 Å². The van der Waals surface area contributed by atoms with Gasteiger partial charge >= 0.3 is 6.01 Å². The minimum Gasteiger partial charge on any atom is -0.408 e. The molecule has 1 aliphatic carbocycles. The van der Waals surface area contributed by atoms with Crippen molar-refractivity contribution in [2.75, 3.05) is 18.0 Å². The quantitative estimate of drug-likeness (QED) is 0.846. The molecule has 0 amide bonds. The minimum absolute atomic E-state index is 0.553. The van der Waals surface area contributed by atoms with E-state index in [9.17, 15) is 0 Å². The van der Waals surface area contributed by atoms with Gasteiger partial charge in [0.2, 0.25) is 5.89 Å². The molecule has 5 nitrogen and oxygen atoms in total. The molecular weight excluding hydrogens is 216 g/mol. The second kappa shape index (κ2) is 6.00. The highest BCUT2D eigenvalue weighted by atomic mass is 16.4. The number of hydrogen-bond acceptors (Lipinski definition) is 5. The van der Waals surface area contributed by atoms with Crippen LogP contribution in [0.2, 0.25) is 0 Å². The standard InChI is InChI=1S/C12H22N4O/c1-2-16(10-6-4-3-5-7-10)12-15-14-11(17-12)8-9-13/h10H,2-9,13H2,1H3. The fourth-order valence-corrected chi connectivity index (χ4v) is 2.53. The Morgan fingerprint density at radius 2 is 2.06 bits per heavy atom. The SMILES string of the molecule is CCN(c1nnc(CCN)o1)C1CCCCC1. The van der Waals surface area contributed by atoms with Crippen molar-refractivity contribution in [3.05, 3.63) is 5.89 Å². The average Bonchev–Trinajstić information content (AvgIpc) is 2.81. The highest BCUT2D eigenvalue weighted by Crippen LogP contribution is 2.26. The lowest BCUT2D eigenvalue weighted by molar-refractivity contribution is 0.389. The molecule has 17 heavy (non-hydrogen) atoms. The lowest BCUT2D eigenvalue weighted by Gasteiger charge is -2.31. The van der Waals surface area contributed by atoms with Gasteiger partial charge in [0.15, 0.2) is 0 Å². The molecule has 5 heteroatoms. The monoisotopic (exact) mass is 238 g/mol. The van der Waals surface area contributed by atoms with Crippen LogP contribution in [0.1, 0.15) is 44.9 Å². The summed E-state index contributed by atoms with van der Waals surface area (Å²) in [6.07, 6.45) is 7.12. The fraction of sp³-hybridized carbons (Fsp3) is 0.833. The Labute approximate surface area is 102 Å². The van der Waals surface area contributed by atoms with Crippen LogP contribution in [0.4, 0.5) is 6.01 Å². The normalized spacial score (nSPS) is 17.3. The molecule has 96 valence electrons. The fourth-order valence-electron chi connectivity index (χ4n) is 2.53. The summed E-state index contributed by atoms with van der Waals surface area (Å²) in [7, 11) is 0. The molecule has 2 N–H and O–H groups in total. The maximum absolute atomic E-state index is 5.65. The first-order valence-corrected chi connectivity index (χ1v) is 6.64. The molecule has 0 aromatic carbocycles. The van der Waals surface area contributed by atoms with Crippen LogP contribution in [0.25, 0.3) is 0 Å². The zero-order valence-electron chi connectivity index (χ0n) is 10.6. The molecule has 1 saturated carbocycles. The molecule has 0 aliphatic heterocycles. The first-order valence-electron chi connectivity index (χ1n) is 6.64. The average molecular weight is 238 g/mol. The van der Waals surface area contributed by atoms with Gasteiger partial charge in [0, 0.05) is 25.6 Å². The van der Waals surface area contributed by atoms with E-state index in [4.69, 9.17) is 10.2 Å². The topological polar surface area (TPSA) is 68.2 Å². The molecule has 1 aromatic heterocycles. The van der Waals surface area contributed by atoms with Crippen molar-refractivity contribution in [1.29, 1.82) is 0 Å². The van der Waals surface area contributed by atoms with Crippen LogP contribution < -0.4 is 10.6 Å². The van der Waals surface area contributed by atoms with Crippen molar-refractivity contribution in [2.24, 2.45) is 5.73 Å². The highest BCUT2D eigenvalue weighted by Gasteiger charge is 2.23. The summed E-state index contributed by atoms with van der Waals surface area (Å²) < 4.78 is 5.65. The predicted octanol–water partition coefficient (Wildman–Crippen LogP) is 1.73. The summed E-state index contributed by atoms with van der Waals surface area (Å²) in [4.78, 5) is 2.24. The third kappa shape index (κ3) is 2.97. The first-order chi connectivity index (χ1) is 8.35. The Morgan fingerprint density at radius 1 is 1.29 bits per heavy atom. The number of anilines is 1. The molecule has 2 rings (SSSR count). The van der Waals surface area contributed by atoms with E-state index >= 15 is 0 Å². The van der Waals surface area contributed by atoms with Crippen molar-refractivity contribution in [3.63, 3.8) is 0 Å². The number of aromatic nitrogens is 2. The third-order valence-electron chi connectivity index (χ3n) is 3.42. The summed E-state index contributed by atoms with van der Waals surface area (Å²) in [5, 5.41) is 8.17. The zero-order chi connectivity index (χ0) is 12.1. The van der Waals surface area contributed by atoms with E-state index in [0.29, 0.717) is 30.9 Å². The van der Waals surface area contributed by atoms with E-state index in [1.165, 1.54) is 32.1 Å². The highest BCUT2D eigenvalue weighted by molar-refractivity contribution is 5.26. The summed E-state index contributed by atoms with van der Waals surface area (Å²) >= 11 is 0. The largest absolute Gasteiger partial charge is 0.408 e. The smallest absolute Gasteiger partial charge is 0.318 e. The summed E-state index contributed by atoms with van der Waals surface area (Å²) in [6, 6.07) is 1.24. The maximum Gasteiger partial charge on any atom is 0.318 e. The number of rotatable bonds is 5. The van der Waals surface area contributed by atoms with Crippen LogP contribution in [0.3, 0.4) is 0 Å². The Morgan fingerprint density at radius 3 is 2.71 bits per heavy atom. The van der Waals surface area contributed by atoms with Gasteiger partial charge in [0.05, 0.1) is 0 Å². The Hall–Kier alpha value is -1.10. The first kappa shape index (κ1) is 12.4. The van der Waals surface area contributed by atoms with Crippen molar-refractivity contribution < 1.29 is 4.42 Å². The number of hydrogen-bond donors (Lipinski definition) is 1. The van der Waals surface area contributed by atoms with E-state index in [-0.39, 0.29) is 0 Å². The van der Waals surface area contributed by atoms with E-state index in [0.717, 1.165) is 6.54 Å². The molecule has 1 aliphatic rings. The molecule has 0 saturated heterocycles. The van der Waals surface area contributed by atoms with Gasteiger partial charge in [0.25, 0.3) is 0 Å². The van der Waals surface area contributed by atoms with Crippen LogP contribution in [0.15, 0.2) is 4.42 Å². The molecule has 0 radical (unpaired) electrons. The molecule has 0 unspecified atom stereocenters. The zero-order valence-corrected chi connectivity index (χ0v) is 10.6. The van der Waals surface area contributed by atoms with Gasteiger partial charge in [-0.2, -0.15) is 0 Å². The predicted molar refractivity (Wildman–Crippen MR) is 66.9 cm³/mol. The van der Waals surface area contributed by atoms with Crippen molar-refractivity contribution >= 4 is 6.01 Å². The van der Waals surface area contributed by atoms with Crippen LogP contribution in [0, 0.1) is 0 Å². The molecule has 1 heterocycles. The lowest BCUT2D eigenvalue weighted by atomic mass is 9.94. The molecular formula is C12H22N4O. The number of nitrogens with zero attached hydrogens (tertiary/aromatic N) is 3. The van der Waals surface area contributed by atoms with Gasteiger partial charge in [-0.3, -0.25) is 0 Å². The van der Waals surface area contributed by atoms with Crippen molar-refractivity contribution in [2.45, 2.75) is 51.5 Å². The van der Waals surface area contributed by atoms with Crippen molar-refractivity contribution in [1.82, 2.24) is 10.2 Å². The van der Waals surface area contributed by atoms with E-state index in [2.05, 4.69) is 22.0 Å². The van der Waals surface area contributed by atoms with E-state index in [1.54, 1.807) is 0 Å². The second-order valence-corrected chi connectivity index (χ2v) is 4.59. The minimum atomic E-state index is 0.553. The molecule has 1 fully saturated rings. The van der Waals surface area contributed by atoms with Gasteiger partial charge in [-0.25, -0.2) is 0 Å². The van der Waals surface area contributed by atoms with Gasteiger partial charge < -0.3 is 15.1 Å². The maximum atomic E-state index is 5.65.